The van der Waals surface area contributed by atoms with Crippen LogP contribution in [0.1, 0.15) is 39.0 Å². The van der Waals surface area contributed by atoms with Gasteiger partial charge in [0.2, 0.25) is 5.91 Å². The van der Waals surface area contributed by atoms with Crippen LogP contribution in [0.4, 0.5) is 0 Å². The van der Waals surface area contributed by atoms with E-state index in [2.05, 4.69) is 18.8 Å². The Hall–Kier alpha value is -1.05. The van der Waals surface area contributed by atoms with E-state index in [1.165, 1.54) is 31.8 Å². The van der Waals surface area contributed by atoms with Crippen molar-refractivity contribution in [2.75, 3.05) is 0 Å². The van der Waals surface area contributed by atoms with Gasteiger partial charge in [0.15, 0.2) is 0 Å². The molecule has 0 aliphatic carbocycles. The lowest BCUT2D eigenvalue weighted by molar-refractivity contribution is -0.115. The molecule has 0 rings (SSSR count). The van der Waals surface area contributed by atoms with E-state index in [0.29, 0.717) is 0 Å². The molecule has 0 spiro atoms. The molecule has 0 bridgehead atoms. The Morgan fingerprint density at radius 2 is 2.15 bits per heavy atom. The van der Waals surface area contributed by atoms with Gasteiger partial charge in [-0.2, -0.15) is 0 Å². The molecule has 0 aliphatic heterocycles. The molecule has 0 atom stereocenters. The van der Waals surface area contributed by atoms with E-state index in [-0.39, 0.29) is 5.91 Å². The van der Waals surface area contributed by atoms with E-state index in [0.717, 1.165) is 6.42 Å². The molecule has 13 heavy (non-hydrogen) atoms. The Morgan fingerprint density at radius 3 is 2.77 bits per heavy atom. The topological polar surface area (TPSA) is 29.1 Å². The number of allylic oxidation sites excluding steroid dienone is 1. The number of nitrogens with one attached hydrogen (secondary N) is 1. The molecule has 74 valence electrons. The summed E-state index contributed by atoms with van der Waals surface area (Å²) >= 11 is 0. The van der Waals surface area contributed by atoms with E-state index in [4.69, 9.17) is 0 Å². The van der Waals surface area contributed by atoms with Crippen molar-refractivity contribution >= 4 is 5.91 Å². The van der Waals surface area contributed by atoms with Crippen molar-refractivity contribution in [3.05, 3.63) is 24.9 Å². The van der Waals surface area contributed by atoms with Crippen LogP contribution in [-0.2, 0) is 4.79 Å². The third-order valence-corrected chi connectivity index (χ3v) is 1.75. The van der Waals surface area contributed by atoms with Crippen molar-refractivity contribution in [3.63, 3.8) is 0 Å². The maximum absolute atomic E-state index is 10.7. The SMILES string of the molecule is C=CC(=O)NC=CCCCCCC. The minimum atomic E-state index is -0.148. The van der Waals surface area contributed by atoms with Crippen molar-refractivity contribution in [2.24, 2.45) is 0 Å². The zero-order chi connectivity index (χ0) is 9.94. The number of hydrogen-bond donors (Lipinski definition) is 1. The van der Waals surface area contributed by atoms with Gasteiger partial charge in [0.05, 0.1) is 0 Å². The number of hydrogen-bond acceptors (Lipinski definition) is 1. The second kappa shape index (κ2) is 9.04. The van der Waals surface area contributed by atoms with Gasteiger partial charge in [-0.1, -0.05) is 38.8 Å². The van der Waals surface area contributed by atoms with Crippen LogP contribution in [0.15, 0.2) is 24.9 Å². The first-order valence-corrected chi connectivity index (χ1v) is 4.89. The third-order valence-electron chi connectivity index (χ3n) is 1.75. The predicted molar refractivity (Wildman–Crippen MR) is 56.2 cm³/mol. The minimum Gasteiger partial charge on any atom is -0.329 e. The summed E-state index contributed by atoms with van der Waals surface area (Å²) in [6.45, 7) is 5.55. The molecule has 0 aromatic rings. The molecular formula is C11H19NO. The van der Waals surface area contributed by atoms with Gasteiger partial charge in [-0.3, -0.25) is 4.79 Å². The van der Waals surface area contributed by atoms with Gasteiger partial charge in [0.1, 0.15) is 0 Å². The van der Waals surface area contributed by atoms with E-state index in [1.54, 1.807) is 6.20 Å². The minimum absolute atomic E-state index is 0.148. The van der Waals surface area contributed by atoms with Crippen LogP contribution in [0, 0.1) is 0 Å². The zero-order valence-electron chi connectivity index (χ0n) is 8.38. The first kappa shape index (κ1) is 11.9. The molecule has 2 heteroatoms. The van der Waals surface area contributed by atoms with E-state index >= 15 is 0 Å². The first-order valence-electron chi connectivity index (χ1n) is 4.89. The molecule has 0 heterocycles. The Bertz CT molecular complexity index is 173. The summed E-state index contributed by atoms with van der Waals surface area (Å²) in [4.78, 5) is 10.7. The Morgan fingerprint density at radius 1 is 1.38 bits per heavy atom. The Labute approximate surface area is 80.7 Å². The number of amides is 1. The maximum atomic E-state index is 10.7. The normalized spacial score (nSPS) is 10.2. The molecular weight excluding hydrogens is 162 g/mol. The van der Waals surface area contributed by atoms with Crippen LogP contribution in [0.25, 0.3) is 0 Å². The van der Waals surface area contributed by atoms with Gasteiger partial charge >= 0.3 is 0 Å². The maximum Gasteiger partial charge on any atom is 0.247 e. The van der Waals surface area contributed by atoms with Crippen LogP contribution >= 0.6 is 0 Å². The summed E-state index contributed by atoms with van der Waals surface area (Å²) < 4.78 is 0. The van der Waals surface area contributed by atoms with Gasteiger partial charge in [-0.25, -0.2) is 0 Å². The monoisotopic (exact) mass is 181 g/mol. The highest BCUT2D eigenvalue weighted by molar-refractivity contribution is 5.87. The lowest BCUT2D eigenvalue weighted by atomic mass is 10.1. The number of unbranched alkanes of at least 4 members (excludes halogenated alkanes) is 4. The molecule has 0 saturated heterocycles. The average molecular weight is 181 g/mol. The molecule has 1 N–H and O–H groups in total. The summed E-state index contributed by atoms with van der Waals surface area (Å²) in [6.07, 6.45) is 11.0. The summed E-state index contributed by atoms with van der Waals surface area (Å²) in [5.74, 6) is -0.148. The van der Waals surface area contributed by atoms with Gasteiger partial charge in [0.25, 0.3) is 0 Å². The molecule has 0 saturated carbocycles. The fraction of sp³-hybridized carbons (Fsp3) is 0.545. The van der Waals surface area contributed by atoms with Gasteiger partial charge in [0, 0.05) is 6.20 Å². The molecule has 1 amide bonds. The van der Waals surface area contributed by atoms with Crippen molar-refractivity contribution < 1.29 is 4.79 Å². The lowest BCUT2D eigenvalue weighted by Crippen LogP contribution is -2.12. The largest absolute Gasteiger partial charge is 0.329 e. The molecule has 0 aromatic heterocycles. The van der Waals surface area contributed by atoms with E-state index < -0.39 is 0 Å². The Balaban J connectivity index is 3.21. The number of rotatable bonds is 7. The first-order chi connectivity index (χ1) is 6.31. The highest BCUT2D eigenvalue weighted by Crippen LogP contribution is 2.02. The predicted octanol–water partition coefficient (Wildman–Crippen LogP) is 2.77. The van der Waals surface area contributed by atoms with Crippen LogP contribution in [0.3, 0.4) is 0 Å². The quantitative estimate of drug-likeness (QED) is 0.475. The summed E-state index contributed by atoms with van der Waals surface area (Å²) in [5, 5.41) is 2.59. The van der Waals surface area contributed by atoms with Crippen LogP contribution in [-0.4, -0.2) is 5.91 Å². The highest BCUT2D eigenvalue weighted by Gasteiger charge is 1.86. The van der Waals surface area contributed by atoms with E-state index in [1.807, 2.05) is 6.08 Å². The van der Waals surface area contributed by atoms with Crippen LogP contribution < -0.4 is 5.32 Å². The molecule has 0 radical (unpaired) electrons. The molecule has 0 fully saturated rings. The van der Waals surface area contributed by atoms with Crippen molar-refractivity contribution in [1.82, 2.24) is 5.32 Å². The zero-order valence-corrected chi connectivity index (χ0v) is 8.38. The lowest BCUT2D eigenvalue weighted by Gasteiger charge is -1.94. The van der Waals surface area contributed by atoms with Crippen LogP contribution in [0.2, 0.25) is 0 Å². The third kappa shape index (κ3) is 8.86. The van der Waals surface area contributed by atoms with Gasteiger partial charge in [-0.05, 0) is 18.9 Å². The second-order valence-electron chi connectivity index (χ2n) is 2.96. The van der Waals surface area contributed by atoms with Gasteiger partial charge < -0.3 is 5.32 Å². The second-order valence-corrected chi connectivity index (χ2v) is 2.96. The van der Waals surface area contributed by atoms with Crippen LogP contribution in [0.5, 0.6) is 0 Å². The van der Waals surface area contributed by atoms with Gasteiger partial charge in [-0.15, -0.1) is 0 Å². The number of carbonyl (C=O) groups excluding carboxylic acids is 1. The smallest absolute Gasteiger partial charge is 0.247 e. The highest BCUT2D eigenvalue weighted by atomic mass is 16.1. The number of carbonyl (C=O) groups is 1. The standard InChI is InChI=1S/C11H19NO/c1-3-5-6-7-8-9-10-12-11(13)4-2/h4,9-10H,2-3,5-8H2,1H3,(H,12,13). The molecule has 0 aromatic carbocycles. The fourth-order valence-corrected chi connectivity index (χ4v) is 0.972. The fourth-order valence-electron chi connectivity index (χ4n) is 0.972. The summed E-state index contributed by atoms with van der Waals surface area (Å²) in [6, 6.07) is 0. The Kier molecular flexibility index (Phi) is 8.31. The van der Waals surface area contributed by atoms with Crippen molar-refractivity contribution in [3.8, 4) is 0 Å². The van der Waals surface area contributed by atoms with Crippen molar-refractivity contribution in [1.29, 1.82) is 0 Å². The van der Waals surface area contributed by atoms with E-state index in [9.17, 15) is 4.79 Å². The van der Waals surface area contributed by atoms with Crippen molar-refractivity contribution in [2.45, 2.75) is 39.0 Å². The summed E-state index contributed by atoms with van der Waals surface area (Å²) in [7, 11) is 0. The average Bonchev–Trinajstić information content (AvgIpc) is 2.16. The molecule has 0 unspecified atom stereocenters. The summed E-state index contributed by atoms with van der Waals surface area (Å²) in [5.41, 5.74) is 0. The molecule has 2 nitrogen and oxygen atoms in total. The molecule has 0 aliphatic rings.